The van der Waals surface area contributed by atoms with E-state index in [-0.39, 0.29) is 18.1 Å². The molecule has 0 aliphatic carbocycles. The standard InChI is InChI=1S/C14H27O6P/c1-5-7-8-12(6-2)9-13(20-21(16,17)18)10-19-14(15)11(3)4/h12-13H,3,5-10H2,1-2,4H3,(H2,16,17,18). The number of phosphoric ester groups is 1. The van der Waals surface area contributed by atoms with Gasteiger partial charge in [0.1, 0.15) is 12.7 Å². The van der Waals surface area contributed by atoms with Gasteiger partial charge >= 0.3 is 13.8 Å². The quantitative estimate of drug-likeness (QED) is 0.345. The zero-order valence-electron chi connectivity index (χ0n) is 13.1. The van der Waals surface area contributed by atoms with Crippen molar-refractivity contribution < 1.29 is 28.4 Å². The maximum absolute atomic E-state index is 11.4. The Morgan fingerprint density at radius 1 is 1.33 bits per heavy atom. The maximum Gasteiger partial charge on any atom is 0.469 e. The molecule has 0 radical (unpaired) electrons. The first kappa shape index (κ1) is 20.3. The number of carbonyl (C=O) groups excluding carboxylic acids is 1. The van der Waals surface area contributed by atoms with Crippen LogP contribution in [0.1, 0.15) is 52.9 Å². The van der Waals surface area contributed by atoms with Crippen LogP contribution in [0.4, 0.5) is 0 Å². The number of carbonyl (C=O) groups is 1. The van der Waals surface area contributed by atoms with Crippen molar-refractivity contribution in [2.24, 2.45) is 5.92 Å². The van der Waals surface area contributed by atoms with E-state index in [0.717, 1.165) is 25.7 Å². The summed E-state index contributed by atoms with van der Waals surface area (Å²) < 4.78 is 20.7. The molecule has 0 spiro atoms. The van der Waals surface area contributed by atoms with Gasteiger partial charge in [-0.15, -0.1) is 0 Å². The molecule has 0 aromatic heterocycles. The normalized spacial score (nSPS) is 14.5. The maximum atomic E-state index is 11.4. The summed E-state index contributed by atoms with van der Waals surface area (Å²) in [7, 11) is -4.61. The summed E-state index contributed by atoms with van der Waals surface area (Å²) in [5, 5.41) is 0. The van der Waals surface area contributed by atoms with E-state index in [1.807, 2.05) is 6.92 Å². The van der Waals surface area contributed by atoms with Gasteiger partial charge in [-0.25, -0.2) is 9.36 Å². The van der Waals surface area contributed by atoms with E-state index in [0.29, 0.717) is 6.42 Å². The fourth-order valence-corrected chi connectivity index (χ4v) is 2.52. The summed E-state index contributed by atoms with van der Waals surface area (Å²) in [6.07, 6.45) is 3.59. The van der Waals surface area contributed by atoms with Crippen LogP contribution in [0.5, 0.6) is 0 Å². The van der Waals surface area contributed by atoms with Crippen LogP contribution >= 0.6 is 7.82 Å². The highest BCUT2D eigenvalue weighted by molar-refractivity contribution is 7.46. The van der Waals surface area contributed by atoms with E-state index in [1.54, 1.807) is 0 Å². The predicted molar refractivity (Wildman–Crippen MR) is 80.6 cm³/mol. The molecular weight excluding hydrogens is 295 g/mol. The molecule has 0 aliphatic heterocycles. The minimum Gasteiger partial charge on any atom is -0.460 e. The lowest BCUT2D eigenvalue weighted by molar-refractivity contribution is -0.142. The second-order valence-electron chi connectivity index (χ2n) is 5.25. The molecular formula is C14H27O6P. The van der Waals surface area contributed by atoms with Crippen LogP contribution in [-0.4, -0.2) is 28.5 Å². The summed E-state index contributed by atoms with van der Waals surface area (Å²) in [5.74, 6) is -0.305. The Balaban J connectivity index is 4.60. The first-order chi connectivity index (χ1) is 9.69. The van der Waals surface area contributed by atoms with Crippen LogP contribution in [0.15, 0.2) is 12.2 Å². The van der Waals surface area contributed by atoms with Crippen LogP contribution in [0.25, 0.3) is 0 Å². The fourth-order valence-electron chi connectivity index (χ4n) is 1.98. The third-order valence-electron chi connectivity index (χ3n) is 3.17. The first-order valence-electron chi connectivity index (χ1n) is 7.26. The van der Waals surface area contributed by atoms with Crippen molar-refractivity contribution >= 4 is 13.8 Å². The summed E-state index contributed by atoms with van der Waals surface area (Å²) in [5.41, 5.74) is 0.239. The van der Waals surface area contributed by atoms with Gasteiger partial charge in [-0.05, 0) is 19.3 Å². The van der Waals surface area contributed by atoms with Crippen molar-refractivity contribution in [3.05, 3.63) is 12.2 Å². The Kier molecular flexibility index (Phi) is 9.79. The van der Waals surface area contributed by atoms with Crippen molar-refractivity contribution in [3.8, 4) is 0 Å². The van der Waals surface area contributed by atoms with Gasteiger partial charge in [-0.2, -0.15) is 0 Å². The third-order valence-corrected chi connectivity index (χ3v) is 3.75. The molecule has 0 aliphatic rings. The highest BCUT2D eigenvalue weighted by Gasteiger charge is 2.26. The molecule has 0 aromatic rings. The second-order valence-corrected chi connectivity index (χ2v) is 6.44. The first-order valence-corrected chi connectivity index (χ1v) is 8.79. The van der Waals surface area contributed by atoms with Crippen LogP contribution in [-0.2, 0) is 18.6 Å². The molecule has 2 unspecified atom stereocenters. The molecule has 0 saturated heterocycles. The number of hydrogen-bond donors (Lipinski definition) is 2. The molecule has 2 atom stereocenters. The van der Waals surface area contributed by atoms with Crippen molar-refractivity contribution in [2.75, 3.05) is 6.61 Å². The van der Waals surface area contributed by atoms with Gasteiger partial charge in [0.05, 0.1) is 0 Å². The molecule has 0 bridgehead atoms. The monoisotopic (exact) mass is 322 g/mol. The fraction of sp³-hybridized carbons (Fsp3) is 0.786. The second kappa shape index (κ2) is 10.1. The van der Waals surface area contributed by atoms with E-state index in [4.69, 9.17) is 19.0 Å². The molecule has 0 heterocycles. The number of ether oxygens (including phenoxy) is 1. The average Bonchev–Trinajstić information content (AvgIpc) is 2.38. The minimum atomic E-state index is -4.61. The Labute approximate surface area is 126 Å². The SMILES string of the molecule is C=C(C)C(=O)OCC(CC(CC)CCCC)OP(=O)(O)O. The summed E-state index contributed by atoms with van der Waals surface area (Å²) in [6, 6.07) is 0. The van der Waals surface area contributed by atoms with Gasteiger partial charge in [-0.1, -0.05) is 46.1 Å². The Hall–Kier alpha value is -0.680. The number of unbranched alkanes of at least 4 members (excludes halogenated alkanes) is 1. The summed E-state index contributed by atoms with van der Waals surface area (Å²) in [4.78, 5) is 29.3. The smallest absolute Gasteiger partial charge is 0.460 e. The van der Waals surface area contributed by atoms with Crippen LogP contribution in [0.2, 0.25) is 0 Å². The topological polar surface area (TPSA) is 93.1 Å². The number of rotatable bonds is 11. The zero-order chi connectivity index (χ0) is 16.5. The number of phosphoric acid groups is 1. The lowest BCUT2D eigenvalue weighted by atomic mass is 9.93. The summed E-state index contributed by atoms with van der Waals surface area (Å²) in [6.45, 7) is 8.90. The van der Waals surface area contributed by atoms with Gasteiger partial charge in [0, 0.05) is 5.57 Å². The van der Waals surface area contributed by atoms with Crippen LogP contribution in [0.3, 0.4) is 0 Å². The van der Waals surface area contributed by atoms with Crippen molar-refractivity contribution in [1.29, 1.82) is 0 Å². The van der Waals surface area contributed by atoms with Gasteiger partial charge in [0.25, 0.3) is 0 Å². The van der Waals surface area contributed by atoms with Crippen molar-refractivity contribution in [3.63, 3.8) is 0 Å². The lowest BCUT2D eigenvalue weighted by Gasteiger charge is -2.23. The van der Waals surface area contributed by atoms with E-state index < -0.39 is 19.9 Å². The molecule has 0 aromatic carbocycles. The van der Waals surface area contributed by atoms with E-state index >= 15 is 0 Å². The number of esters is 1. The lowest BCUT2D eigenvalue weighted by Crippen LogP contribution is -2.24. The molecule has 21 heavy (non-hydrogen) atoms. The molecule has 0 rings (SSSR count). The molecule has 0 saturated carbocycles. The highest BCUT2D eigenvalue weighted by Crippen LogP contribution is 2.39. The van der Waals surface area contributed by atoms with Gasteiger partial charge in [-0.3, -0.25) is 4.52 Å². The van der Waals surface area contributed by atoms with Crippen molar-refractivity contribution in [2.45, 2.75) is 59.0 Å². The van der Waals surface area contributed by atoms with Crippen molar-refractivity contribution in [1.82, 2.24) is 0 Å². The molecule has 0 amide bonds. The molecule has 7 heteroatoms. The van der Waals surface area contributed by atoms with Crippen LogP contribution in [0, 0.1) is 5.92 Å². The average molecular weight is 322 g/mol. The van der Waals surface area contributed by atoms with Gasteiger partial charge < -0.3 is 14.5 Å². The Bertz CT molecular complexity index is 376. The minimum absolute atomic E-state index is 0.181. The summed E-state index contributed by atoms with van der Waals surface area (Å²) >= 11 is 0. The van der Waals surface area contributed by atoms with Gasteiger partial charge in [0.15, 0.2) is 0 Å². The van der Waals surface area contributed by atoms with Crippen LogP contribution < -0.4 is 0 Å². The molecule has 0 fully saturated rings. The highest BCUT2D eigenvalue weighted by atomic mass is 31.2. The predicted octanol–water partition coefficient (Wildman–Crippen LogP) is 3.19. The van der Waals surface area contributed by atoms with E-state index in [1.165, 1.54) is 6.92 Å². The molecule has 6 nitrogen and oxygen atoms in total. The largest absolute Gasteiger partial charge is 0.469 e. The van der Waals surface area contributed by atoms with E-state index in [9.17, 15) is 9.36 Å². The Morgan fingerprint density at radius 3 is 2.38 bits per heavy atom. The van der Waals surface area contributed by atoms with E-state index in [2.05, 4.69) is 13.5 Å². The molecule has 124 valence electrons. The molecule has 2 N–H and O–H groups in total. The zero-order valence-corrected chi connectivity index (χ0v) is 14.0. The number of hydrogen-bond acceptors (Lipinski definition) is 4. The Morgan fingerprint density at radius 2 is 1.95 bits per heavy atom. The third kappa shape index (κ3) is 10.7. The van der Waals surface area contributed by atoms with Gasteiger partial charge in [0.2, 0.25) is 0 Å².